The van der Waals surface area contributed by atoms with Crippen molar-refractivity contribution in [3.8, 4) is 0 Å². The Labute approximate surface area is 156 Å². The van der Waals surface area contributed by atoms with Gasteiger partial charge in [0, 0.05) is 37.1 Å². The van der Waals surface area contributed by atoms with Crippen molar-refractivity contribution in [3.05, 3.63) is 64.9 Å². The van der Waals surface area contributed by atoms with Crippen LogP contribution < -0.4 is 0 Å². The van der Waals surface area contributed by atoms with Crippen molar-refractivity contribution in [2.45, 2.75) is 25.8 Å². The zero-order valence-corrected chi connectivity index (χ0v) is 15.8. The molecule has 3 nitrogen and oxygen atoms in total. The summed E-state index contributed by atoms with van der Waals surface area (Å²) >= 11 is 5.95. The maximum Gasteiger partial charge on any atom is 0.0406 e. The van der Waals surface area contributed by atoms with Gasteiger partial charge in [-0.25, -0.2) is 0 Å². The Morgan fingerprint density at radius 2 is 1.88 bits per heavy atom. The lowest BCUT2D eigenvalue weighted by molar-refractivity contribution is 0.153. The van der Waals surface area contributed by atoms with Gasteiger partial charge in [0.2, 0.25) is 0 Å². The van der Waals surface area contributed by atoms with Crippen molar-refractivity contribution < 1.29 is 0 Å². The Morgan fingerprint density at radius 3 is 2.56 bits per heavy atom. The number of piperidine rings is 1. The fourth-order valence-electron chi connectivity index (χ4n) is 3.64. The molecule has 1 saturated heterocycles. The van der Waals surface area contributed by atoms with E-state index >= 15 is 0 Å². The summed E-state index contributed by atoms with van der Waals surface area (Å²) in [5.74, 6) is 0.813. The van der Waals surface area contributed by atoms with Crippen LogP contribution in [0.15, 0.2) is 48.8 Å². The van der Waals surface area contributed by atoms with Crippen LogP contribution in [0.2, 0.25) is 5.02 Å². The molecule has 0 bridgehead atoms. The van der Waals surface area contributed by atoms with Gasteiger partial charge < -0.3 is 9.80 Å². The number of rotatable bonds is 7. The van der Waals surface area contributed by atoms with Crippen LogP contribution in [-0.4, -0.2) is 48.0 Å². The van der Waals surface area contributed by atoms with Crippen LogP contribution in [0.3, 0.4) is 0 Å². The molecule has 2 aromatic rings. The third kappa shape index (κ3) is 6.10. The highest BCUT2D eigenvalue weighted by Gasteiger charge is 2.20. The predicted molar refractivity (Wildman–Crippen MR) is 105 cm³/mol. The van der Waals surface area contributed by atoms with Crippen molar-refractivity contribution in [1.29, 1.82) is 0 Å². The third-order valence-corrected chi connectivity index (χ3v) is 5.33. The molecule has 0 amide bonds. The van der Waals surface area contributed by atoms with E-state index in [1.54, 1.807) is 0 Å². The average Bonchev–Trinajstić information content (AvgIpc) is 2.63. The minimum absolute atomic E-state index is 0.813. The molecule has 134 valence electrons. The van der Waals surface area contributed by atoms with Crippen molar-refractivity contribution in [2.75, 3.05) is 33.2 Å². The first-order valence-corrected chi connectivity index (χ1v) is 9.61. The molecule has 25 heavy (non-hydrogen) atoms. The van der Waals surface area contributed by atoms with E-state index in [0.29, 0.717) is 0 Å². The summed E-state index contributed by atoms with van der Waals surface area (Å²) in [6.45, 7) is 5.77. The van der Waals surface area contributed by atoms with Gasteiger partial charge in [-0.2, -0.15) is 0 Å². The smallest absolute Gasteiger partial charge is 0.0406 e. The number of hydrogen-bond acceptors (Lipinski definition) is 3. The van der Waals surface area contributed by atoms with Crippen molar-refractivity contribution in [3.63, 3.8) is 0 Å². The molecule has 0 radical (unpaired) electrons. The highest BCUT2D eigenvalue weighted by Crippen LogP contribution is 2.19. The molecule has 0 N–H and O–H groups in total. The number of aromatic nitrogens is 1. The fraction of sp³-hybridized carbons (Fsp3) is 0.476. The standard InChI is InChI=1S/C21H28ClN3/c1-24(17-20-3-2-11-23-15-20)16-19-9-13-25(14-10-19)12-8-18-4-6-21(22)7-5-18/h2-7,11,15,19H,8-10,12-14,16-17H2,1H3. The van der Waals surface area contributed by atoms with E-state index in [1.165, 1.54) is 43.6 Å². The Hall–Kier alpha value is -1.42. The Bertz CT molecular complexity index is 621. The third-order valence-electron chi connectivity index (χ3n) is 5.08. The largest absolute Gasteiger partial charge is 0.303 e. The molecule has 1 fully saturated rings. The molecule has 1 aromatic carbocycles. The number of nitrogens with zero attached hydrogens (tertiary/aromatic N) is 3. The Morgan fingerprint density at radius 1 is 1.12 bits per heavy atom. The number of hydrogen-bond donors (Lipinski definition) is 0. The quantitative estimate of drug-likeness (QED) is 0.743. The second-order valence-electron chi connectivity index (χ2n) is 7.22. The molecule has 2 heterocycles. The van der Waals surface area contributed by atoms with Gasteiger partial charge in [-0.3, -0.25) is 4.98 Å². The second-order valence-corrected chi connectivity index (χ2v) is 7.66. The highest BCUT2D eigenvalue weighted by molar-refractivity contribution is 6.30. The topological polar surface area (TPSA) is 19.4 Å². The molecule has 0 aliphatic carbocycles. The van der Waals surface area contributed by atoms with Crippen molar-refractivity contribution >= 4 is 11.6 Å². The summed E-state index contributed by atoms with van der Waals surface area (Å²) in [4.78, 5) is 9.24. The maximum absolute atomic E-state index is 5.95. The molecular weight excluding hydrogens is 330 g/mol. The molecule has 4 heteroatoms. The molecule has 1 aromatic heterocycles. The molecule has 0 unspecified atom stereocenters. The summed E-state index contributed by atoms with van der Waals surface area (Å²) in [5.41, 5.74) is 2.67. The molecule has 0 spiro atoms. The van der Waals surface area contributed by atoms with Crippen LogP contribution in [0, 0.1) is 5.92 Å². The lowest BCUT2D eigenvalue weighted by Gasteiger charge is -2.34. The van der Waals surface area contributed by atoms with Crippen LogP contribution in [0.25, 0.3) is 0 Å². The monoisotopic (exact) mass is 357 g/mol. The average molecular weight is 358 g/mol. The fourth-order valence-corrected chi connectivity index (χ4v) is 3.77. The van der Waals surface area contributed by atoms with Crippen LogP contribution in [0.1, 0.15) is 24.0 Å². The molecule has 1 aliphatic rings. The highest BCUT2D eigenvalue weighted by atomic mass is 35.5. The van der Waals surface area contributed by atoms with Crippen molar-refractivity contribution in [1.82, 2.24) is 14.8 Å². The SMILES string of the molecule is CN(Cc1cccnc1)CC1CCN(CCc2ccc(Cl)cc2)CC1. The van der Waals surface area contributed by atoms with E-state index in [-0.39, 0.29) is 0 Å². The minimum atomic E-state index is 0.813. The van der Waals surface area contributed by atoms with Crippen LogP contribution in [0.5, 0.6) is 0 Å². The molecule has 1 aliphatic heterocycles. The van der Waals surface area contributed by atoms with E-state index in [4.69, 9.17) is 11.6 Å². The van der Waals surface area contributed by atoms with Crippen LogP contribution >= 0.6 is 11.6 Å². The first kappa shape index (κ1) is 18.4. The van der Waals surface area contributed by atoms with Crippen LogP contribution in [0.4, 0.5) is 0 Å². The van der Waals surface area contributed by atoms with E-state index < -0.39 is 0 Å². The van der Waals surface area contributed by atoms with E-state index in [2.05, 4.69) is 40.0 Å². The number of benzene rings is 1. The summed E-state index contributed by atoms with van der Waals surface area (Å²) in [6.07, 6.45) is 7.53. The van der Waals surface area contributed by atoms with Gasteiger partial charge in [0.05, 0.1) is 0 Å². The minimum Gasteiger partial charge on any atom is -0.303 e. The van der Waals surface area contributed by atoms with E-state index in [1.807, 2.05) is 30.6 Å². The van der Waals surface area contributed by atoms with Gasteiger partial charge in [0.15, 0.2) is 0 Å². The molecule has 0 saturated carbocycles. The molecule has 0 atom stereocenters. The predicted octanol–water partition coefficient (Wildman–Crippen LogP) is 4.12. The Kier molecular flexibility index (Phi) is 6.85. The van der Waals surface area contributed by atoms with Gasteiger partial charge in [0.1, 0.15) is 0 Å². The first-order valence-electron chi connectivity index (χ1n) is 9.23. The number of halogens is 1. The van der Waals surface area contributed by atoms with Gasteiger partial charge in [-0.15, -0.1) is 0 Å². The van der Waals surface area contributed by atoms with E-state index in [0.717, 1.165) is 30.5 Å². The summed E-state index contributed by atoms with van der Waals surface area (Å²) in [5, 5.41) is 0.819. The van der Waals surface area contributed by atoms with Crippen LogP contribution in [-0.2, 0) is 13.0 Å². The maximum atomic E-state index is 5.95. The van der Waals surface area contributed by atoms with Gasteiger partial charge in [0.25, 0.3) is 0 Å². The first-order chi connectivity index (χ1) is 12.2. The molecule has 3 rings (SSSR count). The lowest BCUT2D eigenvalue weighted by atomic mass is 9.96. The summed E-state index contributed by atoms with van der Waals surface area (Å²) < 4.78 is 0. The van der Waals surface area contributed by atoms with E-state index in [9.17, 15) is 0 Å². The van der Waals surface area contributed by atoms with Gasteiger partial charge in [-0.1, -0.05) is 29.8 Å². The van der Waals surface area contributed by atoms with Crippen molar-refractivity contribution in [2.24, 2.45) is 5.92 Å². The number of pyridine rings is 1. The second kappa shape index (κ2) is 9.33. The Balaban J connectivity index is 1.36. The zero-order chi connectivity index (χ0) is 17.5. The lowest BCUT2D eigenvalue weighted by Crippen LogP contribution is -2.38. The zero-order valence-electron chi connectivity index (χ0n) is 15.1. The summed E-state index contributed by atoms with van der Waals surface area (Å²) in [6, 6.07) is 12.4. The van der Waals surface area contributed by atoms with Gasteiger partial charge >= 0.3 is 0 Å². The van der Waals surface area contributed by atoms with Gasteiger partial charge in [-0.05, 0) is 74.6 Å². The summed E-state index contributed by atoms with van der Waals surface area (Å²) in [7, 11) is 2.22. The molecular formula is C21H28ClN3. The number of likely N-dealkylation sites (tertiary alicyclic amines) is 1. The normalized spacial score (nSPS) is 16.4.